The second-order valence-electron chi connectivity index (χ2n) is 7.33. The van der Waals surface area contributed by atoms with Crippen LogP contribution in [0.5, 0.6) is 0 Å². The van der Waals surface area contributed by atoms with Crippen LogP contribution in [-0.2, 0) is 11.8 Å². The van der Waals surface area contributed by atoms with Crippen molar-refractivity contribution in [1.29, 1.82) is 0 Å². The summed E-state index contributed by atoms with van der Waals surface area (Å²) >= 11 is 0. The summed E-state index contributed by atoms with van der Waals surface area (Å²) in [6.07, 6.45) is 0. The summed E-state index contributed by atoms with van der Waals surface area (Å²) in [6, 6.07) is 17.5. The van der Waals surface area contributed by atoms with E-state index >= 15 is 0 Å². The molecule has 6 nitrogen and oxygen atoms in total. The number of nitrogens with zero attached hydrogens (tertiary/aromatic N) is 3. The van der Waals surface area contributed by atoms with Gasteiger partial charge in [0.25, 0.3) is 0 Å². The number of hydrogen-bond donors (Lipinski definition) is 1. The maximum atomic E-state index is 13.2. The maximum absolute atomic E-state index is 13.2. The Morgan fingerprint density at radius 3 is 2.41 bits per heavy atom. The molecule has 0 saturated heterocycles. The minimum atomic E-state index is -0.387. The van der Waals surface area contributed by atoms with Gasteiger partial charge in [0.1, 0.15) is 17.6 Å². The number of aryl methyl sites for hydroxylation is 3. The fourth-order valence-electron chi connectivity index (χ4n) is 3.87. The van der Waals surface area contributed by atoms with Crippen LogP contribution in [0.2, 0.25) is 0 Å². The number of imidazole rings is 1. The Hall–Kier alpha value is -3.41. The molecule has 0 aliphatic rings. The van der Waals surface area contributed by atoms with E-state index in [1.165, 1.54) is 0 Å². The Labute approximate surface area is 169 Å². The van der Waals surface area contributed by atoms with E-state index in [1.54, 1.807) is 0 Å². The highest BCUT2D eigenvalue weighted by atomic mass is 16.5. The second kappa shape index (κ2) is 7.54. The molecule has 4 aromatic rings. The molecule has 29 heavy (non-hydrogen) atoms. The smallest absolute Gasteiger partial charge is 0.228 e. The minimum Gasteiger partial charge on any atom is -0.361 e. The lowest BCUT2D eigenvalue weighted by Gasteiger charge is -2.21. The average molecular weight is 388 g/mol. The summed E-state index contributed by atoms with van der Waals surface area (Å²) in [5.41, 5.74) is 4.48. The summed E-state index contributed by atoms with van der Waals surface area (Å²) in [5.74, 6) is 0.975. The molecule has 2 heterocycles. The van der Waals surface area contributed by atoms with Crippen LogP contribution in [0.25, 0.3) is 11.0 Å². The third-order valence-electron chi connectivity index (χ3n) is 5.41. The van der Waals surface area contributed by atoms with Gasteiger partial charge in [0.05, 0.1) is 22.6 Å². The summed E-state index contributed by atoms with van der Waals surface area (Å²) in [4.78, 5) is 18.0. The minimum absolute atomic E-state index is 0.0969. The van der Waals surface area contributed by atoms with Crippen molar-refractivity contribution in [3.8, 4) is 0 Å². The van der Waals surface area contributed by atoms with Gasteiger partial charge in [-0.25, -0.2) is 4.98 Å². The van der Waals surface area contributed by atoms with Crippen molar-refractivity contribution in [2.75, 3.05) is 0 Å². The molecule has 1 amide bonds. The van der Waals surface area contributed by atoms with Crippen molar-refractivity contribution in [2.45, 2.75) is 32.7 Å². The van der Waals surface area contributed by atoms with Gasteiger partial charge in [0, 0.05) is 12.6 Å². The number of carbonyl (C=O) groups is 1. The zero-order valence-electron chi connectivity index (χ0n) is 17.0. The Morgan fingerprint density at radius 2 is 1.76 bits per heavy atom. The number of fused-ring (bicyclic) bond motifs is 1. The quantitative estimate of drug-likeness (QED) is 0.556. The van der Waals surface area contributed by atoms with Crippen molar-refractivity contribution < 1.29 is 9.32 Å². The first-order valence-corrected chi connectivity index (χ1v) is 9.66. The Balaban J connectivity index is 1.74. The van der Waals surface area contributed by atoms with E-state index in [-0.39, 0.29) is 17.9 Å². The Kier molecular flexibility index (Phi) is 4.92. The van der Waals surface area contributed by atoms with Gasteiger partial charge in [-0.3, -0.25) is 4.79 Å². The highest BCUT2D eigenvalue weighted by Gasteiger charge is 2.28. The van der Waals surface area contributed by atoms with E-state index in [0.29, 0.717) is 5.76 Å². The molecular formula is C23H24N4O2. The number of para-hydroxylation sites is 2. The highest BCUT2D eigenvalue weighted by Crippen LogP contribution is 2.28. The number of benzene rings is 2. The molecule has 0 unspecified atom stereocenters. The number of aromatic nitrogens is 3. The van der Waals surface area contributed by atoms with E-state index in [9.17, 15) is 4.79 Å². The zero-order chi connectivity index (χ0) is 20.5. The summed E-state index contributed by atoms with van der Waals surface area (Å²) in [6.45, 7) is 5.56. The van der Waals surface area contributed by atoms with E-state index in [1.807, 2.05) is 87.0 Å². The number of hydrogen-bond acceptors (Lipinski definition) is 4. The van der Waals surface area contributed by atoms with Gasteiger partial charge in [-0.15, -0.1) is 0 Å². The number of nitrogens with one attached hydrogen (secondary N) is 1. The first-order valence-electron chi connectivity index (χ1n) is 9.66. The van der Waals surface area contributed by atoms with Crippen LogP contribution in [0.1, 0.15) is 47.3 Å². The average Bonchev–Trinajstić information content (AvgIpc) is 3.25. The second-order valence-corrected chi connectivity index (χ2v) is 7.33. The van der Waals surface area contributed by atoms with Gasteiger partial charge in [0.2, 0.25) is 5.91 Å². The Morgan fingerprint density at radius 1 is 1.07 bits per heavy atom. The molecular weight excluding hydrogens is 364 g/mol. The molecule has 1 N–H and O–H groups in total. The SMILES string of the molecule is Cc1noc(C)c1[C@@H](C)C(=O)N[C@@H](c1ccccc1)c1nc2ccccc2n1C. The highest BCUT2D eigenvalue weighted by molar-refractivity contribution is 5.84. The number of rotatable bonds is 5. The normalized spacial score (nSPS) is 13.4. The molecule has 0 aliphatic carbocycles. The van der Waals surface area contributed by atoms with E-state index < -0.39 is 0 Å². The third kappa shape index (κ3) is 3.42. The molecule has 0 bridgehead atoms. The lowest BCUT2D eigenvalue weighted by molar-refractivity contribution is -0.122. The van der Waals surface area contributed by atoms with Crippen LogP contribution in [0.4, 0.5) is 0 Å². The van der Waals surface area contributed by atoms with Crippen LogP contribution in [-0.4, -0.2) is 20.6 Å². The zero-order valence-corrected chi connectivity index (χ0v) is 17.0. The molecule has 0 radical (unpaired) electrons. The van der Waals surface area contributed by atoms with Crippen molar-refractivity contribution >= 4 is 16.9 Å². The van der Waals surface area contributed by atoms with Gasteiger partial charge >= 0.3 is 0 Å². The van der Waals surface area contributed by atoms with Crippen LogP contribution in [0.15, 0.2) is 59.1 Å². The fourth-order valence-corrected chi connectivity index (χ4v) is 3.87. The lowest BCUT2D eigenvalue weighted by atomic mass is 9.97. The molecule has 2 aromatic carbocycles. The number of carbonyl (C=O) groups excluding carboxylic acids is 1. The van der Waals surface area contributed by atoms with Crippen molar-refractivity contribution in [3.63, 3.8) is 0 Å². The van der Waals surface area contributed by atoms with Crippen LogP contribution < -0.4 is 5.32 Å². The molecule has 0 spiro atoms. The first kappa shape index (κ1) is 18.9. The van der Waals surface area contributed by atoms with Crippen LogP contribution in [0, 0.1) is 13.8 Å². The van der Waals surface area contributed by atoms with Crippen molar-refractivity contribution in [2.24, 2.45) is 7.05 Å². The Bertz CT molecular complexity index is 1140. The predicted molar refractivity (Wildman–Crippen MR) is 112 cm³/mol. The predicted octanol–water partition coefficient (Wildman–Crippen LogP) is 4.19. The van der Waals surface area contributed by atoms with Gasteiger partial charge in [-0.2, -0.15) is 0 Å². The molecule has 0 aliphatic heterocycles. The largest absolute Gasteiger partial charge is 0.361 e. The molecule has 0 saturated carbocycles. The monoisotopic (exact) mass is 388 g/mol. The maximum Gasteiger partial charge on any atom is 0.228 e. The van der Waals surface area contributed by atoms with Gasteiger partial charge in [-0.1, -0.05) is 47.6 Å². The molecule has 2 aromatic heterocycles. The van der Waals surface area contributed by atoms with E-state index in [0.717, 1.165) is 33.7 Å². The molecule has 4 rings (SSSR count). The third-order valence-corrected chi connectivity index (χ3v) is 5.41. The first-order chi connectivity index (χ1) is 14.0. The summed E-state index contributed by atoms with van der Waals surface area (Å²) < 4.78 is 7.29. The standard InChI is InChI=1S/C23H24N4O2/c1-14(20-15(2)26-29-16(20)3)23(28)25-21(17-10-6-5-7-11-17)22-24-18-12-8-9-13-19(18)27(22)4/h5-14,21H,1-4H3,(H,25,28)/t14-,21+/m1/s1. The molecule has 148 valence electrons. The van der Waals surface area contributed by atoms with Gasteiger partial charge < -0.3 is 14.4 Å². The lowest BCUT2D eigenvalue weighted by Crippen LogP contribution is -2.34. The summed E-state index contributed by atoms with van der Waals surface area (Å²) in [5, 5.41) is 7.19. The molecule has 6 heteroatoms. The molecule has 2 atom stereocenters. The van der Waals surface area contributed by atoms with E-state index in [4.69, 9.17) is 9.51 Å². The van der Waals surface area contributed by atoms with Crippen LogP contribution >= 0.6 is 0 Å². The fraction of sp³-hybridized carbons (Fsp3) is 0.261. The molecule has 0 fully saturated rings. The van der Waals surface area contributed by atoms with Crippen molar-refractivity contribution in [3.05, 3.63) is 83.0 Å². The van der Waals surface area contributed by atoms with Gasteiger partial charge in [-0.05, 0) is 38.5 Å². The van der Waals surface area contributed by atoms with Gasteiger partial charge in [0.15, 0.2) is 0 Å². The summed E-state index contributed by atoms with van der Waals surface area (Å²) in [7, 11) is 1.98. The number of amides is 1. The van der Waals surface area contributed by atoms with Crippen LogP contribution in [0.3, 0.4) is 0 Å². The topological polar surface area (TPSA) is 73.0 Å². The van der Waals surface area contributed by atoms with Crippen molar-refractivity contribution in [1.82, 2.24) is 20.0 Å². The van der Waals surface area contributed by atoms with E-state index in [2.05, 4.69) is 10.5 Å².